The second-order valence-corrected chi connectivity index (χ2v) is 4.16. The summed E-state index contributed by atoms with van der Waals surface area (Å²) in [5.41, 5.74) is 1.42. The van der Waals surface area contributed by atoms with Gasteiger partial charge < -0.3 is 0 Å². The fraction of sp³-hybridized carbons (Fsp3) is 0.111. The Hall–Kier alpha value is -0.420. The van der Waals surface area contributed by atoms with Crippen LogP contribution in [-0.4, -0.2) is 11.5 Å². The fourth-order valence-corrected chi connectivity index (χ4v) is 2.01. The van der Waals surface area contributed by atoms with Crippen LogP contribution in [0.3, 0.4) is 0 Å². The van der Waals surface area contributed by atoms with Crippen molar-refractivity contribution >= 4 is 45.7 Å². The standard InChI is InChI=1S/C9H6ClIO2/c1-5-2-6(11)3-7(9(10)13)8(5)4-12/h2-4H,1H3. The minimum Gasteiger partial charge on any atom is -0.298 e. The second-order valence-electron chi connectivity index (χ2n) is 2.58. The molecule has 4 heteroatoms. The Kier molecular flexibility index (Phi) is 3.44. The topological polar surface area (TPSA) is 34.1 Å². The van der Waals surface area contributed by atoms with Crippen molar-refractivity contribution in [2.45, 2.75) is 6.92 Å². The Balaban J connectivity index is 3.46. The highest BCUT2D eigenvalue weighted by Gasteiger charge is 2.11. The molecule has 0 saturated carbocycles. The minimum absolute atomic E-state index is 0.279. The molecule has 2 nitrogen and oxygen atoms in total. The van der Waals surface area contributed by atoms with Gasteiger partial charge in [0.1, 0.15) is 0 Å². The Morgan fingerprint density at radius 3 is 2.62 bits per heavy atom. The van der Waals surface area contributed by atoms with Crippen LogP contribution in [0.4, 0.5) is 0 Å². The number of rotatable bonds is 2. The molecule has 0 radical (unpaired) electrons. The molecule has 0 spiro atoms. The van der Waals surface area contributed by atoms with E-state index in [9.17, 15) is 9.59 Å². The summed E-state index contributed by atoms with van der Waals surface area (Å²) in [6, 6.07) is 3.43. The van der Waals surface area contributed by atoms with Crippen LogP contribution >= 0.6 is 34.2 Å². The summed E-state index contributed by atoms with van der Waals surface area (Å²) < 4.78 is 0.893. The Bertz CT molecular complexity index is 374. The number of benzene rings is 1. The summed E-state index contributed by atoms with van der Waals surface area (Å²) in [6.07, 6.45) is 0.654. The zero-order valence-electron chi connectivity index (χ0n) is 6.80. The van der Waals surface area contributed by atoms with Crippen molar-refractivity contribution < 1.29 is 9.59 Å². The normalized spacial score (nSPS) is 9.77. The highest BCUT2D eigenvalue weighted by Crippen LogP contribution is 2.18. The van der Waals surface area contributed by atoms with Gasteiger partial charge in [-0.15, -0.1) is 0 Å². The number of halogens is 2. The monoisotopic (exact) mass is 308 g/mol. The van der Waals surface area contributed by atoms with Crippen LogP contribution in [0.2, 0.25) is 0 Å². The maximum Gasteiger partial charge on any atom is 0.253 e. The Labute approximate surface area is 94.4 Å². The first-order valence-electron chi connectivity index (χ1n) is 3.51. The van der Waals surface area contributed by atoms with Gasteiger partial charge in [-0.2, -0.15) is 0 Å². The molecule has 1 aromatic carbocycles. The first-order chi connectivity index (χ1) is 6.06. The summed E-state index contributed by atoms with van der Waals surface area (Å²) >= 11 is 7.40. The van der Waals surface area contributed by atoms with Crippen molar-refractivity contribution in [1.29, 1.82) is 0 Å². The Morgan fingerprint density at radius 1 is 1.54 bits per heavy atom. The molecule has 0 amide bonds. The summed E-state index contributed by atoms with van der Waals surface area (Å²) in [6.45, 7) is 1.77. The number of aldehydes is 1. The van der Waals surface area contributed by atoms with Gasteiger partial charge in [0, 0.05) is 14.7 Å². The van der Waals surface area contributed by atoms with E-state index >= 15 is 0 Å². The van der Waals surface area contributed by atoms with Gasteiger partial charge >= 0.3 is 0 Å². The summed E-state index contributed by atoms with van der Waals surface area (Å²) in [7, 11) is 0. The molecule has 68 valence electrons. The van der Waals surface area contributed by atoms with E-state index in [1.54, 1.807) is 13.0 Å². The molecule has 0 aliphatic carbocycles. The van der Waals surface area contributed by atoms with Gasteiger partial charge in [0.15, 0.2) is 6.29 Å². The number of carbonyl (C=O) groups is 2. The summed E-state index contributed by atoms with van der Waals surface area (Å²) in [5.74, 6) is 0. The van der Waals surface area contributed by atoms with E-state index in [0.29, 0.717) is 11.8 Å². The van der Waals surface area contributed by atoms with Crippen LogP contribution in [-0.2, 0) is 0 Å². The molecule has 0 atom stereocenters. The molecule has 0 aromatic heterocycles. The van der Waals surface area contributed by atoms with Gasteiger partial charge in [-0.25, -0.2) is 0 Å². The molecular formula is C9H6ClIO2. The molecule has 0 heterocycles. The van der Waals surface area contributed by atoms with Crippen molar-refractivity contribution in [1.82, 2.24) is 0 Å². The number of aryl methyl sites for hydroxylation is 1. The summed E-state index contributed by atoms with van der Waals surface area (Å²) in [5, 5.41) is -0.594. The third-order valence-electron chi connectivity index (χ3n) is 1.68. The molecule has 1 aromatic rings. The first kappa shape index (κ1) is 10.7. The molecule has 0 bridgehead atoms. The number of hydrogen-bond donors (Lipinski definition) is 0. The zero-order valence-corrected chi connectivity index (χ0v) is 9.72. The smallest absolute Gasteiger partial charge is 0.253 e. The fourth-order valence-electron chi connectivity index (χ4n) is 1.07. The van der Waals surface area contributed by atoms with Crippen LogP contribution in [0.1, 0.15) is 26.3 Å². The maximum absolute atomic E-state index is 10.9. The minimum atomic E-state index is -0.594. The molecule has 0 saturated heterocycles. The second kappa shape index (κ2) is 4.19. The lowest BCUT2D eigenvalue weighted by molar-refractivity contribution is 0.106. The van der Waals surface area contributed by atoms with E-state index in [1.807, 2.05) is 6.07 Å². The van der Waals surface area contributed by atoms with Crippen molar-refractivity contribution in [3.63, 3.8) is 0 Å². The lowest BCUT2D eigenvalue weighted by Crippen LogP contribution is -2.00. The van der Waals surface area contributed by atoms with Gasteiger partial charge in [0.2, 0.25) is 0 Å². The van der Waals surface area contributed by atoms with E-state index < -0.39 is 5.24 Å². The average molecular weight is 309 g/mol. The van der Waals surface area contributed by atoms with Crippen LogP contribution in [0.15, 0.2) is 12.1 Å². The third-order valence-corrected chi connectivity index (χ3v) is 2.51. The van der Waals surface area contributed by atoms with Gasteiger partial charge in [0.25, 0.3) is 5.24 Å². The number of hydrogen-bond acceptors (Lipinski definition) is 2. The average Bonchev–Trinajstić information content (AvgIpc) is 2.02. The highest BCUT2D eigenvalue weighted by molar-refractivity contribution is 14.1. The van der Waals surface area contributed by atoms with Crippen molar-refractivity contribution in [2.24, 2.45) is 0 Å². The largest absolute Gasteiger partial charge is 0.298 e. The molecule has 0 fully saturated rings. The van der Waals surface area contributed by atoms with Crippen molar-refractivity contribution in [2.75, 3.05) is 0 Å². The van der Waals surface area contributed by atoms with Crippen molar-refractivity contribution in [3.05, 3.63) is 32.4 Å². The van der Waals surface area contributed by atoms with Crippen molar-refractivity contribution in [3.8, 4) is 0 Å². The molecule has 0 unspecified atom stereocenters. The van der Waals surface area contributed by atoms with Gasteiger partial charge in [-0.1, -0.05) is 0 Å². The first-order valence-corrected chi connectivity index (χ1v) is 4.97. The SMILES string of the molecule is Cc1cc(I)cc(C(=O)Cl)c1C=O. The lowest BCUT2D eigenvalue weighted by Gasteiger charge is -2.03. The molecule has 1 rings (SSSR count). The van der Waals surface area contributed by atoms with Gasteiger partial charge in [-0.05, 0) is 58.8 Å². The van der Waals surface area contributed by atoms with Gasteiger partial charge in [0.05, 0.1) is 0 Å². The van der Waals surface area contributed by atoms with E-state index in [1.165, 1.54) is 0 Å². The van der Waals surface area contributed by atoms with Crippen LogP contribution < -0.4 is 0 Å². The van der Waals surface area contributed by atoms with Crippen LogP contribution in [0.25, 0.3) is 0 Å². The van der Waals surface area contributed by atoms with E-state index in [0.717, 1.165) is 9.13 Å². The van der Waals surface area contributed by atoms with E-state index in [4.69, 9.17) is 11.6 Å². The Morgan fingerprint density at radius 2 is 2.15 bits per heavy atom. The molecule has 0 aliphatic rings. The molecule has 13 heavy (non-hydrogen) atoms. The van der Waals surface area contributed by atoms with E-state index in [-0.39, 0.29) is 5.56 Å². The van der Waals surface area contributed by atoms with E-state index in [2.05, 4.69) is 22.6 Å². The maximum atomic E-state index is 10.9. The zero-order chi connectivity index (χ0) is 10.0. The quantitative estimate of drug-likeness (QED) is 0.478. The predicted octanol–water partition coefficient (Wildman–Crippen LogP) is 2.79. The molecular weight excluding hydrogens is 302 g/mol. The van der Waals surface area contributed by atoms with Gasteiger partial charge in [-0.3, -0.25) is 9.59 Å². The molecule has 0 aliphatic heterocycles. The van der Waals surface area contributed by atoms with Crippen LogP contribution in [0, 0.1) is 10.5 Å². The lowest BCUT2D eigenvalue weighted by atomic mass is 10.0. The molecule has 0 N–H and O–H groups in total. The van der Waals surface area contributed by atoms with Crippen LogP contribution in [0.5, 0.6) is 0 Å². The predicted molar refractivity (Wildman–Crippen MR) is 59.5 cm³/mol. The summed E-state index contributed by atoms with van der Waals surface area (Å²) in [4.78, 5) is 21.6. The highest BCUT2D eigenvalue weighted by atomic mass is 127. The third kappa shape index (κ3) is 2.28. The number of carbonyl (C=O) groups excluding carboxylic acids is 2.